The van der Waals surface area contributed by atoms with Crippen LogP contribution in [0.25, 0.3) is 5.70 Å². The van der Waals surface area contributed by atoms with Gasteiger partial charge >= 0.3 is 12.0 Å². The van der Waals surface area contributed by atoms with Crippen LogP contribution in [0.3, 0.4) is 0 Å². The minimum absolute atomic E-state index is 0.174. The summed E-state index contributed by atoms with van der Waals surface area (Å²) in [5.41, 5.74) is 1.77. The van der Waals surface area contributed by atoms with Crippen LogP contribution in [0.4, 0.5) is 4.79 Å². The molecule has 0 aromatic heterocycles. The second-order valence-electron chi connectivity index (χ2n) is 7.38. The van der Waals surface area contributed by atoms with Gasteiger partial charge in [-0.1, -0.05) is 18.5 Å². The van der Waals surface area contributed by atoms with E-state index < -0.39 is 18.0 Å². The van der Waals surface area contributed by atoms with Gasteiger partial charge in [0.15, 0.2) is 11.5 Å². The predicted molar refractivity (Wildman–Crippen MR) is 129 cm³/mol. The summed E-state index contributed by atoms with van der Waals surface area (Å²) in [5, 5.41) is 5.88. The Hall–Kier alpha value is -3.39. The maximum Gasteiger partial charge on any atom is 0.338 e. The standard InChI is InChI=1S/C25H29ClN2O6/c1-5-12-34-23-18(26)13-16(14-19(23)32-6-2)22-20(24(29)33-7-3)21(27-25(30)28-22)15-8-10-17(31-4)11-9-15/h8-11,13-14,22H,5-7,12H2,1-4H3,(H2,27,28,30). The van der Waals surface area contributed by atoms with Gasteiger partial charge in [-0.25, -0.2) is 9.59 Å². The number of halogens is 1. The first kappa shape index (κ1) is 25.2. The molecule has 8 nitrogen and oxygen atoms in total. The van der Waals surface area contributed by atoms with Gasteiger partial charge in [-0.3, -0.25) is 0 Å². The van der Waals surface area contributed by atoms with Gasteiger partial charge in [0.1, 0.15) is 5.75 Å². The summed E-state index contributed by atoms with van der Waals surface area (Å²) < 4.78 is 22.1. The van der Waals surface area contributed by atoms with Crippen molar-refractivity contribution >= 4 is 29.3 Å². The molecule has 2 N–H and O–H groups in total. The number of ether oxygens (including phenoxy) is 4. The third-order valence-corrected chi connectivity index (χ3v) is 5.34. The second kappa shape index (κ2) is 11.7. The van der Waals surface area contributed by atoms with E-state index in [9.17, 15) is 9.59 Å². The molecule has 1 aliphatic rings. The van der Waals surface area contributed by atoms with Gasteiger partial charge in [-0.15, -0.1) is 0 Å². The molecule has 0 radical (unpaired) electrons. The normalized spacial score (nSPS) is 15.3. The summed E-state index contributed by atoms with van der Waals surface area (Å²) in [5.74, 6) is 0.938. The molecule has 1 aliphatic heterocycles. The number of benzene rings is 2. The molecule has 0 bridgehead atoms. The van der Waals surface area contributed by atoms with Crippen LogP contribution in [0.2, 0.25) is 5.02 Å². The number of urea groups is 1. The zero-order chi connectivity index (χ0) is 24.7. The van der Waals surface area contributed by atoms with Crippen LogP contribution in [0.5, 0.6) is 17.2 Å². The lowest BCUT2D eigenvalue weighted by atomic mass is 9.92. The van der Waals surface area contributed by atoms with E-state index in [1.165, 1.54) is 0 Å². The first-order valence-electron chi connectivity index (χ1n) is 11.2. The number of esters is 1. The van der Waals surface area contributed by atoms with Crippen molar-refractivity contribution in [3.05, 3.63) is 58.1 Å². The second-order valence-corrected chi connectivity index (χ2v) is 7.79. The van der Waals surface area contributed by atoms with E-state index in [-0.39, 0.29) is 12.2 Å². The number of methoxy groups -OCH3 is 1. The molecule has 0 spiro atoms. The van der Waals surface area contributed by atoms with Crippen LogP contribution in [0.1, 0.15) is 44.4 Å². The first-order chi connectivity index (χ1) is 16.4. The van der Waals surface area contributed by atoms with Crippen LogP contribution in [0.15, 0.2) is 42.0 Å². The Morgan fingerprint density at radius 3 is 2.41 bits per heavy atom. The number of carbonyl (C=O) groups excluding carboxylic acids is 2. The SMILES string of the molecule is CCCOc1c(Cl)cc(C2NC(=O)NC(c3ccc(OC)cc3)=C2C(=O)OCC)cc1OCC. The van der Waals surface area contributed by atoms with Crippen molar-refractivity contribution in [2.45, 2.75) is 33.2 Å². The molecular weight excluding hydrogens is 460 g/mol. The highest BCUT2D eigenvalue weighted by Crippen LogP contribution is 2.41. The van der Waals surface area contributed by atoms with Gasteiger partial charge in [-0.2, -0.15) is 0 Å². The van der Waals surface area contributed by atoms with E-state index in [1.54, 1.807) is 50.4 Å². The number of nitrogens with one attached hydrogen (secondary N) is 2. The largest absolute Gasteiger partial charge is 0.497 e. The van der Waals surface area contributed by atoms with Crippen molar-refractivity contribution in [1.82, 2.24) is 10.6 Å². The van der Waals surface area contributed by atoms with Crippen LogP contribution >= 0.6 is 11.6 Å². The summed E-state index contributed by atoms with van der Waals surface area (Å²) in [6.07, 6.45) is 0.801. The van der Waals surface area contributed by atoms with E-state index in [2.05, 4.69) is 10.6 Å². The quantitative estimate of drug-likeness (QED) is 0.463. The molecule has 0 saturated carbocycles. The summed E-state index contributed by atoms with van der Waals surface area (Å²) in [4.78, 5) is 25.8. The fourth-order valence-corrected chi connectivity index (χ4v) is 3.86. The van der Waals surface area contributed by atoms with Crippen molar-refractivity contribution in [1.29, 1.82) is 0 Å². The summed E-state index contributed by atoms with van der Waals surface area (Å²) >= 11 is 6.56. The third kappa shape index (κ3) is 5.56. The van der Waals surface area contributed by atoms with Crippen LogP contribution in [-0.2, 0) is 9.53 Å². The van der Waals surface area contributed by atoms with Crippen molar-refractivity contribution in [3.63, 3.8) is 0 Å². The molecule has 2 amide bonds. The maximum absolute atomic E-state index is 13.1. The molecule has 3 rings (SSSR count). The number of amides is 2. The smallest absolute Gasteiger partial charge is 0.338 e. The van der Waals surface area contributed by atoms with Gasteiger partial charge in [0, 0.05) is 0 Å². The number of carbonyl (C=O) groups is 2. The minimum Gasteiger partial charge on any atom is -0.497 e. The monoisotopic (exact) mass is 488 g/mol. The number of hydrogen-bond donors (Lipinski definition) is 2. The third-order valence-electron chi connectivity index (χ3n) is 5.06. The average molecular weight is 489 g/mol. The zero-order valence-electron chi connectivity index (χ0n) is 19.7. The van der Waals surface area contributed by atoms with E-state index in [4.69, 9.17) is 30.5 Å². The summed E-state index contributed by atoms with van der Waals surface area (Å²) in [6.45, 7) is 6.59. The highest BCUT2D eigenvalue weighted by molar-refractivity contribution is 6.32. The Bertz CT molecular complexity index is 1070. The lowest BCUT2D eigenvalue weighted by molar-refractivity contribution is -0.138. The summed E-state index contributed by atoms with van der Waals surface area (Å²) in [6, 6.07) is 9.10. The fourth-order valence-electron chi connectivity index (χ4n) is 3.59. The Labute approximate surface area is 204 Å². The average Bonchev–Trinajstić information content (AvgIpc) is 2.83. The van der Waals surface area contributed by atoms with E-state index in [0.717, 1.165) is 6.42 Å². The Balaban J connectivity index is 2.17. The molecule has 2 aromatic rings. The van der Waals surface area contributed by atoms with Crippen LogP contribution < -0.4 is 24.8 Å². The molecule has 2 aromatic carbocycles. The molecule has 0 saturated heterocycles. The fraction of sp³-hybridized carbons (Fsp3) is 0.360. The molecule has 1 unspecified atom stereocenters. The Morgan fingerprint density at radius 2 is 1.79 bits per heavy atom. The van der Waals surface area contributed by atoms with E-state index >= 15 is 0 Å². The molecule has 0 fully saturated rings. The molecule has 1 atom stereocenters. The van der Waals surface area contributed by atoms with Gasteiger partial charge in [0.05, 0.1) is 49.3 Å². The summed E-state index contributed by atoms with van der Waals surface area (Å²) in [7, 11) is 1.56. The lowest BCUT2D eigenvalue weighted by Gasteiger charge is -2.30. The number of hydrogen-bond acceptors (Lipinski definition) is 6. The number of rotatable bonds is 10. The van der Waals surface area contributed by atoms with Crippen molar-refractivity contribution in [2.75, 3.05) is 26.9 Å². The molecular formula is C25H29ClN2O6. The van der Waals surface area contributed by atoms with Gasteiger partial charge < -0.3 is 29.6 Å². The molecule has 0 aliphatic carbocycles. The highest BCUT2D eigenvalue weighted by atomic mass is 35.5. The van der Waals surface area contributed by atoms with Gasteiger partial charge in [0.2, 0.25) is 0 Å². The van der Waals surface area contributed by atoms with Crippen molar-refractivity contribution in [2.24, 2.45) is 0 Å². The minimum atomic E-state index is -0.832. The van der Waals surface area contributed by atoms with Gasteiger partial charge in [0.25, 0.3) is 0 Å². The molecule has 182 valence electrons. The first-order valence-corrected chi connectivity index (χ1v) is 11.5. The highest BCUT2D eigenvalue weighted by Gasteiger charge is 2.35. The van der Waals surface area contributed by atoms with Crippen molar-refractivity contribution < 1.29 is 28.5 Å². The predicted octanol–water partition coefficient (Wildman–Crippen LogP) is 4.86. The topological polar surface area (TPSA) is 95.1 Å². The van der Waals surface area contributed by atoms with E-state index in [0.29, 0.717) is 52.3 Å². The van der Waals surface area contributed by atoms with Crippen LogP contribution in [-0.4, -0.2) is 38.9 Å². The molecule has 1 heterocycles. The Kier molecular flexibility index (Phi) is 8.65. The molecule has 34 heavy (non-hydrogen) atoms. The van der Waals surface area contributed by atoms with Gasteiger partial charge in [-0.05, 0) is 67.8 Å². The zero-order valence-corrected chi connectivity index (χ0v) is 20.5. The van der Waals surface area contributed by atoms with Crippen LogP contribution in [0, 0.1) is 0 Å². The van der Waals surface area contributed by atoms with E-state index in [1.807, 2.05) is 13.8 Å². The molecule has 9 heteroatoms. The maximum atomic E-state index is 13.1. The lowest BCUT2D eigenvalue weighted by Crippen LogP contribution is -2.45. The van der Waals surface area contributed by atoms with Crippen molar-refractivity contribution in [3.8, 4) is 17.2 Å². The Morgan fingerprint density at radius 1 is 1.06 bits per heavy atom.